The van der Waals surface area contributed by atoms with Crippen LogP contribution >= 0.6 is 11.6 Å². The minimum Gasteiger partial charge on any atom is -0.374 e. The average molecular weight is 285 g/mol. The third-order valence-electron chi connectivity index (χ3n) is 2.46. The summed E-state index contributed by atoms with van der Waals surface area (Å²) in [7, 11) is 1.76. The highest BCUT2D eigenvalue weighted by Crippen LogP contribution is 2.30. The fourth-order valence-corrected chi connectivity index (χ4v) is 1.74. The Labute approximate surface area is 112 Å². The Bertz CT molecular complexity index is 629. The van der Waals surface area contributed by atoms with Gasteiger partial charge >= 0.3 is 0 Å². The van der Waals surface area contributed by atoms with Crippen LogP contribution in [0, 0.1) is 15.9 Å². The van der Waals surface area contributed by atoms with Crippen molar-refractivity contribution < 1.29 is 9.31 Å². The monoisotopic (exact) mass is 284 g/mol. The van der Waals surface area contributed by atoms with E-state index in [0.29, 0.717) is 5.69 Å². The minimum atomic E-state index is -0.822. The highest BCUT2D eigenvalue weighted by atomic mass is 35.5. The van der Waals surface area contributed by atoms with Crippen LogP contribution in [0.3, 0.4) is 0 Å². The molecule has 0 saturated carbocycles. The number of halogens is 2. The van der Waals surface area contributed by atoms with E-state index < -0.39 is 10.7 Å². The number of anilines is 1. The van der Waals surface area contributed by atoms with Gasteiger partial charge in [-0.3, -0.25) is 14.8 Å². The summed E-state index contributed by atoms with van der Waals surface area (Å²) in [6.07, 6.45) is 1.75. The molecule has 2 rings (SSSR count). The number of nitrogens with one attached hydrogen (secondary N) is 1. The van der Waals surface area contributed by atoms with E-state index in [1.54, 1.807) is 24.0 Å². The Kier molecular flexibility index (Phi) is 3.66. The van der Waals surface area contributed by atoms with E-state index in [1.807, 2.05) is 0 Å². The van der Waals surface area contributed by atoms with Gasteiger partial charge in [0.25, 0.3) is 5.69 Å². The fraction of sp³-hybridized carbons (Fsp3) is 0.182. The largest absolute Gasteiger partial charge is 0.374 e. The summed E-state index contributed by atoms with van der Waals surface area (Å²) < 4.78 is 14.8. The molecule has 1 aromatic carbocycles. The lowest BCUT2D eigenvalue weighted by atomic mass is 10.2. The molecule has 0 unspecified atom stereocenters. The van der Waals surface area contributed by atoms with Gasteiger partial charge in [0.2, 0.25) is 0 Å². The second kappa shape index (κ2) is 5.23. The number of aromatic nitrogens is 2. The molecule has 0 fully saturated rings. The van der Waals surface area contributed by atoms with Crippen LogP contribution in [0.4, 0.5) is 15.8 Å². The molecule has 0 radical (unpaired) electrons. The van der Waals surface area contributed by atoms with Crippen molar-refractivity contribution in [1.29, 1.82) is 0 Å². The molecule has 0 aliphatic rings. The molecule has 0 saturated heterocycles. The summed E-state index contributed by atoms with van der Waals surface area (Å²) >= 11 is 5.62. The molecule has 0 amide bonds. The first kappa shape index (κ1) is 13.3. The van der Waals surface area contributed by atoms with Gasteiger partial charge < -0.3 is 5.32 Å². The van der Waals surface area contributed by atoms with Gasteiger partial charge in [-0.1, -0.05) is 11.6 Å². The van der Waals surface area contributed by atoms with E-state index in [4.69, 9.17) is 11.6 Å². The first-order chi connectivity index (χ1) is 8.97. The molecule has 19 heavy (non-hydrogen) atoms. The highest BCUT2D eigenvalue weighted by molar-refractivity contribution is 6.31. The zero-order valence-corrected chi connectivity index (χ0v) is 10.7. The number of hydrogen-bond donors (Lipinski definition) is 1. The molecule has 0 atom stereocenters. The van der Waals surface area contributed by atoms with Crippen LogP contribution < -0.4 is 5.32 Å². The predicted octanol–water partition coefficient (Wildman–Crippen LogP) is 2.73. The summed E-state index contributed by atoms with van der Waals surface area (Å²) in [5.74, 6) is -0.822. The smallest absolute Gasteiger partial charge is 0.295 e. The van der Waals surface area contributed by atoms with Crippen molar-refractivity contribution in [2.75, 3.05) is 5.32 Å². The van der Waals surface area contributed by atoms with E-state index in [-0.39, 0.29) is 22.9 Å². The number of nitrogens with zero attached hydrogens (tertiary/aromatic N) is 3. The van der Waals surface area contributed by atoms with Gasteiger partial charge in [-0.05, 0) is 12.1 Å². The molecule has 1 aromatic heterocycles. The van der Waals surface area contributed by atoms with Crippen LogP contribution in [0.15, 0.2) is 24.4 Å². The lowest BCUT2D eigenvalue weighted by molar-refractivity contribution is -0.384. The normalized spacial score (nSPS) is 10.5. The quantitative estimate of drug-likeness (QED) is 0.692. The van der Waals surface area contributed by atoms with Gasteiger partial charge in [0.05, 0.1) is 28.3 Å². The third-order valence-corrected chi connectivity index (χ3v) is 2.75. The highest BCUT2D eigenvalue weighted by Gasteiger charge is 2.17. The van der Waals surface area contributed by atoms with Crippen molar-refractivity contribution in [3.05, 3.63) is 51.0 Å². The van der Waals surface area contributed by atoms with Gasteiger partial charge in [0.1, 0.15) is 11.5 Å². The minimum absolute atomic E-state index is 0.155. The molecule has 1 heterocycles. The van der Waals surface area contributed by atoms with Crippen LogP contribution in [-0.4, -0.2) is 14.7 Å². The second-order valence-corrected chi connectivity index (χ2v) is 4.28. The molecular weight excluding hydrogens is 275 g/mol. The van der Waals surface area contributed by atoms with Gasteiger partial charge in [-0.15, -0.1) is 0 Å². The maximum absolute atomic E-state index is 13.2. The number of benzene rings is 1. The maximum Gasteiger partial charge on any atom is 0.295 e. The van der Waals surface area contributed by atoms with Crippen LogP contribution in [0.25, 0.3) is 0 Å². The summed E-state index contributed by atoms with van der Waals surface area (Å²) in [5.41, 5.74) is 0.497. The first-order valence-corrected chi connectivity index (χ1v) is 5.71. The molecule has 0 aliphatic carbocycles. The molecule has 1 N–H and O–H groups in total. The SMILES string of the molecule is Cn1ccc(CNc2cc(Cl)c(F)cc2[N+](=O)[O-])n1. The Balaban J connectivity index is 2.23. The lowest BCUT2D eigenvalue weighted by Crippen LogP contribution is -2.04. The summed E-state index contributed by atoms with van der Waals surface area (Å²) in [6, 6.07) is 3.75. The number of hydrogen-bond acceptors (Lipinski definition) is 4. The van der Waals surface area contributed by atoms with E-state index >= 15 is 0 Å². The van der Waals surface area contributed by atoms with Crippen molar-refractivity contribution >= 4 is 23.0 Å². The molecule has 6 nitrogen and oxygen atoms in total. The van der Waals surface area contributed by atoms with Gasteiger partial charge in [-0.25, -0.2) is 4.39 Å². The zero-order chi connectivity index (χ0) is 14.0. The molecule has 8 heteroatoms. The van der Waals surface area contributed by atoms with Crippen LogP contribution in [-0.2, 0) is 13.6 Å². The van der Waals surface area contributed by atoms with E-state index in [2.05, 4.69) is 10.4 Å². The van der Waals surface area contributed by atoms with E-state index in [1.165, 1.54) is 6.07 Å². The molecular formula is C11H10ClFN4O2. The molecule has 0 bridgehead atoms. The second-order valence-electron chi connectivity index (χ2n) is 3.87. The van der Waals surface area contributed by atoms with Gasteiger partial charge in [0.15, 0.2) is 0 Å². The summed E-state index contributed by atoms with van der Waals surface area (Å²) in [4.78, 5) is 10.2. The van der Waals surface area contributed by atoms with Crippen LogP contribution in [0.1, 0.15) is 5.69 Å². The lowest BCUT2D eigenvalue weighted by Gasteiger charge is -2.06. The molecule has 0 aliphatic heterocycles. The van der Waals surface area contributed by atoms with Crippen molar-refractivity contribution in [3.8, 4) is 0 Å². The number of aryl methyl sites for hydroxylation is 1. The Hall–Kier alpha value is -2.15. The topological polar surface area (TPSA) is 73.0 Å². The zero-order valence-electron chi connectivity index (χ0n) is 9.93. The van der Waals surface area contributed by atoms with Crippen molar-refractivity contribution in [1.82, 2.24) is 9.78 Å². The third kappa shape index (κ3) is 3.00. The molecule has 100 valence electrons. The van der Waals surface area contributed by atoms with Crippen molar-refractivity contribution in [2.45, 2.75) is 6.54 Å². The van der Waals surface area contributed by atoms with Crippen molar-refractivity contribution in [2.24, 2.45) is 7.05 Å². The van der Waals surface area contributed by atoms with Gasteiger partial charge in [0, 0.05) is 13.2 Å². The summed E-state index contributed by atoms with van der Waals surface area (Å²) in [6.45, 7) is 0.281. The first-order valence-electron chi connectivity index (χ1n) is 5.33. The fourth-order valence-electron chi connectivity index (χ4n) is 1.57. The van der Waals surface area contributed by atoms with Crippen LogP contribution in [0.2, 0.25) is 5.02 Å². The predicted molar refractivity (Wildman–Crippen MR) is 68.6 cm³/mol. The van der Waals surface area contributed by atoms with E-state index in [9.17, 15) is 14.5 Å². The van der Waals surface area contributed by atoms with Crippen LogP contribution in [0.5, 0.6) is 0 Å². The molecule has 2 aromatic rings. The maximum atomic E-state index is 13.2. The number of rotatable bonds is 4. The van der Waals surface area contributed by atoms with E-state index in [0.717, 1.165) is 6.07 Å². The Morgan fingerprint density at radius 1 is 1.58 bits per heavy atom. The molecule has 0 spiro atoms. The Morgan fingerprint density at radius 3 is 2.89 bits per heavy atom. The number of nitro groups is 1. The average Bonchev–Trinajstić information content (AvgIpc) is 2.76. The van der Waals surface area contributed by atoms with Crippen molar-refractivity contribution in [3.63, 3.8) is 0 Å². The van der Waals surface area contributed by atoms with Gasteiger partial charge in [-0.2, -0.15) is 5.10 Å². The Morgan fingerprint density at radius 2 is 2.32 bits per heavy atom. The number of nitro benzene ring substituents is 1. The summed E-state index contributed by atoms with van der Waals surface area (Å²) in [5, 5.41) is 17.6. The standard InChI is InChI=1S/C11H10ClFN4O2/c1-16-3-2-7(15-16)6-14-10-4-8(12)9(13)5-11(10)17(18)19/h2-5,14H,6H2,1H3.